The van der Waals surface area contributed by atoms with Crippen molar-refractivity contribution >= 4 is 22.5 Å². The number of nitrogens with zero attached hydrogens (tertiary/aromatic N) is 3. The maximum Gasteiger partial charge on any atom is 0.267 e. The molecule has 0 amide bonds. The molecule has 0 unspecified atom stereocenters. The molecule has 2 aromatic carbocycles. The summed E-state index contributed by atoms with van der Waals surface area (Å²) in [6.45, 7) is 6.71. The summed E-state index contributed by atoms with van der Waals surface area (Å²) in [6.07, 6.45) is 0. The fourth-order valence-electron chi connectivity index (χ4n) is 3.58. The number of nitrogens with one attached hydrogen (secondary N) is 1. The molecule has 2 heterocycles. The molecule has 1 aliphatic rings. The first-order valence-electron chi connectivity index (χ1n) is 9.54. The van der Waals surface area contributed by atoms with Gasteiger partial charge >= 0.3 is 0 Å². The lowest BCUT2D eigenvalue weighted by atomic mass is 10.2. The Bertz CT molecular complexity index is 1040. The highest BCUT2D eigenvalue weighted by atomic mass is 35.5. The zero-order valence-corrected chi connectivity index (χ0v) is 16.6. The van der Waals surface area contributed by atoms with Crippen LogP contribution in [0.25, 0.3) is 16.6 Å². The van der Waals surface area contributed by atoms with Crippen molar-refractivity contribution in [3.05, 3.63) is 63.7 Å². The highest BCUT2D eigenvalue weighted by Crippen LogP contribution is 2.26. The lowest BCUT2D eigenvalue weighted by Gasteiger charge is -2.28. The van der Waals surface area contributed by atoms with Gasteiger partial charge in [0.25, 0.3) is 5.56 Å². The molecule has 0 saturated carbocycles. The largest absolute Gasteiger partial charge is 0.492 e. The second-order valence-electron chi connectivity index (χ2n) is 6.73. The van der Waals surface area contributed by atoms with Crippen LogP contribution in [-0.4, -0.2) is 47.2 Å². The average Bonchev–Trinajstić information content (AvgIpc) is 2.70. The number of aromatic nitrogens is 2. The average molecular weight is 399 g/mol. The lowest BCUT2D eigenvalue weighted by Crippen LogP contribution is -2.44. The second kappa shape index (κ2) is 8.31. The molecule has 4 rings (SSSR count). The maximum atomic E-state index is 13.5. The van der Waals surface area contributed by atoms with Crippen LogP contribution in [0, 0.1) is 0 Å². The Morgan fingerprint density at radius 3 is 2.71 bits per heavy atom. The van der Waals surface area contributed by atoms with E-state index < -0.39 is 0 Å². The zero-order chi connectivity index (χ0) is 19.5. The zero-order valence-electron chi connectivity index (χ0n) is 15.8. The Hall–Kier alpha value is -2.41. The van der Waals surface area contributed by atoms with Crippen LogP contribution in [0.5, 0.6) is 5.75 Å². The molecule has 0 bridgehead atoms. The number of ether oxygens (including phenoxy) is 1. The van der Waals surface area contributed by atoms with Crippen molar-refractivity contribution < 1.29 is 4.74 Å². The monoisotopic (exact) mass is 398 g/mol. The molecule has 0 aliphatic carbocycles. The summed E-state index contributed by atoms with van der Waals surface area (Å²) < 4.78 is 7.44. The Morgan fingerprint density at radius 1 is 1.14 bits per heavy atom. The SMILES string of the molecule is CCOc1ccccc1-n1c(CN2CCNCC2)nc2cccc(Cl)c2c1=O. The number of rotatable bonds is 5. The molecule has 6 nitrogen and oxygen atoms in total. The van der Waals surface area contributed by atoms with E-state index in [9.17, 15) is 4.79 Å². The number of halogens is 1. The molecule has 0 atom stereocenters. The third kappa shape index (κ3) is 3.63. The van der Waals surface area contributed by atoms with E-state index in [-0.39, 0.29) is 5.56 Å². The van der Waals surface area contributed by atoms with E-state index in [2.05, 4.69) is 10.2 Å². The van der Waals surface area contributed by atoms with E-state index >= 15 is 0 Å². The minimum absolute atomic E-state index is 0.173. The molecule has 0 spiro atoms. The summed E-state index contributed by atoms with van der Waals surface area (Å²) in [6, 6.07) is 12.9. The summed E-state index contributed by atoms with van der Waals surface area (Å²) in [5.74, 6) is 1.34. The predicted molar refractivity (Wildman–Crippen MR) is 112 cm³/mol. The van der Waals surface area contributed by atoms with Crippen LogP contribution in [0.1, 0.15) is 12.7 Å². The van der Waals surface area contributed by atoms with E-state index in [1.54, 1.807) is 10.6 Å². The van der Waals surface area contributed by atoms with Gasteiger partial charge < -0.3 is 10.1 Å². The van der Waals surface area contributed by atoms with Gasteiger partial charge in [-0.15, -0.1) is 0 Å². The molecule has 1 fully saturated rings. The van der Waals surface area contributed by atoms with Gasteiger partial charge in [-0.3, -0.25) is 14.3 Å². The third-order valence-electron chi connectivity index (χ3n) is 4.90. The molecule has 1 N–H and O–H groups in total. The van der Waals surface area contributed by atoms with Gasteiger partial charge in [0.2, 0.25) is 0 Å². The summed E-state index contributed by atoms with van der Waals surface area (Å²) in [4.78, 5) is 20.7. The van der Waals surface area contributed by atoms with Gasteiger partial charge in [0.1, 0.15) is 11.6 Å². The molecule has 0 radical (unpaired) electrons. The van der Waals surface area contributed by atoms with Crippen molar-refractivity contribution in [2.75, 3.05) is 32.8 Å². The van der Waals surface area contributed by atoms with E-state index in [1.165, 1.54) is 0 Å². The molecular weight excluding hydrogens is 376 g/mol. The summed E-state index contributed by atoms with van der Waals surface area (Å²) in [7, 11) is 0. The minimum Gasteiger partial charge on any atom is -0.492 e. The van der Waals surface area contributed by atoms with Crippen LogP contribution >= 0.6 is 11.6 Å². The number of hydrogen-bond donors (Lipinski definition) is 1. The van der Waals surface area contributed by atoms with Gasteiger partial charge in [-0.05, 0) is 31.2 Å². The number of fused-ring (bicyclic) bond motifs is 1. The number of para-hydroxylation sites is 2. The fourth-order valence-corrected chi connectivity index (χ4v) is 3.83. The normalized spacial score (nSPS) is 15.1. The summed E-state index contributed by atoms with van der Waals surface area (Å²) >= 11 is 6.36. The Labute approximate surface area is 168 Å². The smallest absolute Gasteiger partial charge is 0.267 e. The molecule has 146 valence electrons. The lowest BCUT2D eigenvalue weighted by molar-refractivity contribution is 0.226. The quantitative estimate of drug-likeness (QED) is 0.716. The van der Waals surface area contributed by atoms with Crippen LogP contribution in [-0.2, 0) is 6.54 Å². The van der Waals surface area contributed by atoms with Crippen molar-refractivity contribution in [2.24, 2.45) is 0 Å². The standard InChI is InChI=1S/C21H23ClN4O2/c1-2-28-18-9-4-3-8-17(18)26-19(14-25-12-10-23-11-13-25)24-16-7-5-6-15(22)20(16)21(26)27/h3-9,23H,2,10-14H2,1H3. The highest BCUT2D eigenvalue weighted by molar-refractivity contribution is 6.35. The number of benzene rings is 2. The van der Waals surface area contributed by atoms with Crippen LogP contribution in [0.15, 0.2) is 47.3 Å². The Morgan fingerprint density at radius 2 is 1.93 bits per heavy atom. The number of hydrogen-bond acceptors (Lipinski definition) is 5. The van der Waals surface area contributed by atoms with Crippen molar-refractivity contribution in [1.82, 2.24) is 19.8 Å². The Balaban J connectivity index is 1.94. The first-order valence-corrected chi connectivity index (χ1v) is 9.92. The van der Waals surface area contributed by atoms with Gasteiger partial charge in [0.05, 0.1) is 34.8 Å². The molecule has 3 aromatic rings. The van der Waals surface area contributed by atoms with E-state index in [1.807, 2.05) is 43.3 Å². The van der Waals surface area contributed by atoms with Crippen LogP contribution < -0.4 is 15.6 Å². The first kappa shape index (κ1) is 18.9. The number of piperazine rings is 1. The first-order chi connectivity index (χ1) is 13.7. The third-order valence-corrected chi connectivity index (χ3v) is 5.21. The molecule has 1 saturated heterocycles. The van der Waals surface area contributed by atoms with Gasteiger partial charge in [0, 0.05) is 26.2 Å². The van der Waals surface area contributed by atoms with Crippen molar-refractivity contribution in [3.63, 3.8) is 0 Å². The molecule has 1 aliphatic heterocycles. The predicted octanol–water partition coefficient (Wildman–Crippen LogP) is 2.84. The van der Waals surface area contributed by atoms with Crippen LogP contribution in [0.2, 0.25) is 5.02 Å². The summed E-state index contributed by atoms with van der Waals surface area (Å²) in [5.41, 5.74) is 1.13. The van der Waals surface area contributed by atoms with Crippen molar-refractivity contribution in [1.29, 1.82) is 0 Å². The minimum atomic E-state index is -0.173. The highest BCUT2D eigenvalue weighted by Gasteiger charge is 2.20. The van der Waals surface area contributed by atoms with Gasteiger partial charge in [-0.2, -0.15) is 0 Å². The van der Waals surface area contributed by atoms with Gasteiger partial charge in [-0.1, -0.05) is 29.8 Å². The van der Waals surface area contributed by atoms with E-state index in [4.69, 9.17) is 21.3 Å². The van der Waals surface area contributed by atoms with E-state index in [0.717, 1.165) is 26.2 Å². The van der Waals surface area contributed by atoms with E-state index in [0.29, 0.717) is 46.3 Å². The molecule has 7 heteroatoms. The molecular formula is C21H23ClN4O2. The van der Waals surface area contributed by atoms with Gasteiger partial charge in [0.15, 0.2) is 0 Å². The van der Waals surface area contributed by atoms with Crippen molar-refractivity contribution in [2.45, 2.75) is 13.5 Å². The topological polar surface area (TPSA) is 59.4 Å². The Kier molecular flexibility index (Phi) is 5.62. The van der Waals surface area contributed by atoms with Gasteiger partial charge in [-0.25, -0.2) is 4.98 Å². The van der Waals surface area contributed by atoms with Crippen molar-refractivity contribution in [3.8, 4) is 11.4 Å². The molecule has 28 heavy (non-hydrogen) atoms. The maximum absolute atomic E-state index is 13.5. The van der Waals surface area contributed by atoms with Crippen LogP contribution in [0.3, 0.4) is 0 Å². The van der Waals surface area contributed by atoms with Crippen LogP contribution in [0.4, 0.5) is 0 Å². The fraction of sp³-hybridized carbons (Fsp3) is 0.333. The second-order valence-corrected chi connectivity index (χ2v) is 7.14. The summed E-state index contributed by atoms with van der Waals surface area (Å²) in [5, 5.41) is 4.19. The molecule has 1 aromatic heterocycles.